The quantitative estimate of drug-likeness (QED) is 0.873. The average molecular weight is 291 g/mol. The Morgan fingerprint density at radius 1 is 1.35 bits per heavy atom. The van der Waals surface area contributed by atoms with Gasteiger partial charge in [-0.15, -0.1) is 0 Å². The van der Waals surface area contributed by atoms with Gasteiger partial charge in [-0.3, -0.25) is 4.79 Å². The van der Waals surface area contributed by atoms with Gasteiger partial charge >= 0.3 is 12.1 Å². The van der Waals surface area contributed by atoms with E-state index in [0.717, 1.165) is 6.07 Å². The van der Waals surface area contributed by atoms with E-state index in [9.17, 15) is 22.8 Å². The number of hydrogen-bond donors (Lipinski definition) is 2. The van der Waals surface area contributed by atoms with Crippen LogP contribution in [0.1, 0.15) is 22.8 Å². The third-order valence-electron chi connectivity index (χ3n) is 2.29. The fraction of sp³-hybridized carbons (Fsp3) is 0.333. The Hall–Kier alpha value is -2.09. The Morgan fingerprint density at radius 3 is 2.50 bits per heavy atom. The molecule has 20 heavy (non-hydrogen) atoms. The van der Waals surface area contributed by atoms with E-state index in [4.69, 9.17) is 9.84 Å². The molecule has 0 saturated carbocycles. The van der Waals surface area contributed by atoms with E-state index in [1.807, 2.05) is 0 Å². The molecule has 0 unspecified atom stereocenters. The van der Waals surface area contributed by atoms with Crippen LogP contribution < -0.4 is 5.32 Å². The van der Waals surface area contributed by atoms with Gasteiger partial charge in [-0.25, -0.2) is 4.79 Å². The van der Waals surface area contributed by atoms with E-state index in [0.29, 0.717) is 12.1 Å². The molecule has 1 rings (SSSR count). The summed E-state index contributed by atoms with van der Waals surface area (Å²) in [6.07, 6.45) is -4.63. The summed E-state index contributed by atoms with van der Waals surface area (Å²) < 4.78 is 42.5. The average Bonchev–Trinajstić information content (AvgIpc) is 2.34. The first-order chi connectivity index (χ1) is 9.25. The van der Waals surface area contributed by atoms with Gasteiger partial charge in [-0.1, -0.05) is 0 Å². The summed E-state index contributed by atoms with van der Waals surface area (Å²) in [5.41, 5.74) is -1.89. The molecule has 110 valence electrons. The van der Waals surface area contributed by atoms with Crippen molar-refractivity contribution in [3.05, 3.63) is 29.3 Å². The lowest BCUT2D eigenvalue weighted by atomic mass is 10.1. The van der Waals surface area contributed by atoms with E-state index in [1.54, 1.807) is 6.92 Å². The van der Waals surface area contributed by atoms with Gasteiger partial charge in [-0.2, -0.15) is 13.2 Å². The van der Waals surface area contributed by atoms with Crippen LogP contribution in [-0.4, -0.2) is 30.2 Å². The molecule has 0 spiro atoms. The second-order valence-electron chi connectivity index (χ2n) is 3.75. The lowest BCUT2D eigenvalue weighted by Gasteiger charge is -2.12. The number of carbonyl (C=O) groups is 2. The molecule has 1 aromatic carbocycles. The molecule has 0 bridgehead atoms. The molecule has 1 amide bonds. The summed E-state index contributed by atoms with van der Waals surface area (Å²) in [6.45, 7) is 1.52. The topological polar surface area (TPSA) is 75.6 Å². The Labute approximate surface area is 112 Å². The van der Waals surface area contributed by atoms with Crippen LogP contribution in [0.2, 0.25) is 0 Å². The van der Waals surface area contributed by atoms with Crippen LogP contribution in [0.15, 0.2) is 18.2 Å². The zero-order chi connectivity index (χ0) is 15.3. The SMILES string of the molecule is CCOCC(=O)Nc1cc(C(F)(F)F)ccc1C(=O)O. The van der Waals surface area contributed by atoms with Gasteiger partial charge in [0.2, 0.25) is 5.91 Å². The summed E-state index contributed by atoms with van der Waals surface area (Å²) in [7, 11) is 0. The molecular formula is C12H12F3NO4. The van der Waals surface area contributed by atoms with Crippen molar-refractivity contribution >= 4 is 17.6 Å². The predicted octanol–water partition coefficient (Wildman–Crippen LogP) is 2.38. The molecule has 0 aromatic heterocycles. The number of carboxylic acids is 1. The summed E-state index contributed by atoms with van der Waals surface area (Å²) in [5, 5.41) is 11.0. The lowest BCUT2D eigenvalue weighted by Crippen LogP contribution is -2.20. The van der Waals surface area contributed by atoms with Crippen LogP contribution in [0.5, 0.6) is 0 Å². The standard InChI is InChI=1S/C12H12F3NO4/c1-2-20-6-10(17)16-9-5-7(12(13,14)15)3-4-8(9)11(18)19/h3-5H,2,6H2,1H3,(H,16,17)(H,18,19). The van der Waals surface area contributed by atoms with Gasteiger partial charge in [0.15, 0.2) is 0 Å². The molecule has 5 nitrogen and oxygen atoms in total. The zero-order valence-electron chi connectivity index (χ0n) is 10.5. The predicted molar refractivity (Wildman–Crippen MR) is 63.5 cm³/mol. The van der Waals surface area contributed by atoms with Crippen LogP contribution in [0, 0.1) is 0 Å². The highest BCUT2D eigenvalue weighted by molar-refractivity contribution is 6.01. The molecule has 0 aliphatic carbocycles. The molecule has 0 aliphatic rings. The summed E-state index contributed by atoms with van der Waals surface area (Å²) >= 11 is 0. The van der Waals surface area contributed by atoms with Crippen molar-refractivity contribution in [2.75, 3.05) is 18.5 Å². The minimum absolute atomic E-state index is 0.252. The van der Waals surface area contributed by atoms with Gasteiger partial charge in [0.25, 0.3) is 0 Å². The van der Waals surface area contributed by atoms with Gasteiger partial charge in [-0.05, 0) is 25.1 Å². The number of alkyl halides is 3. The van der Waals surface area contributed by atoms with Crippen molar-refractivity contribution in [2.24, 2.45) is 0 Å². The third kappa shape index (κ3) is 4.23. The number of benzene rings is 1. The Kier molecular flexibility index (Phi) is 5.09. The molecule has 0 saturated heterocycles. The number of nitrogens with one attached hydrogen (secondary N) is 1. The molecule has 1 aromatic rings. The summed E-state index contributed by atoms with van der Waals surface area (Å²) in [6, 6.07) is 2.01. The molecule has 0 heterocycles. The molecule has 2 N–H and O–H groups in total. The highest BCUT2D eigenvalue weighted by Crippen LogP contribution is 2.32. The number of carbonyl (C=O) groups excluding carboxylic acids is 1. The molecule has 8 heteroatoms. The van der Waals surface area contributed by atoms with Crippen molar-refractivity contribution < 1.29 is 32.6 Å². The van der Waals surface area contributed by atoms with Crippen molar-refractivity contribution in [1.82, 2.24) is 0 Å². The molecule has 0 aliphatic heterocycles. The van der Waals surface area contributed by atoms with E-state index in [1.165, 1.54) is 0 Å². The minimum Gasteiger partial charge on any atom is -0.478 e. The number of hydrogen-bond acceptors (Lipinski definition) is 3. The van der Waals surface area contributed by atoms with Crippen molar-refractivity contribution in [3.63, 3.8) is 0 Å². The first-order valence-corrected chi connectivity index (χ1v) is 5.57. The fourth-order valence-electron chi connectivity index (χ4n) is 1.39. The Bertz CT molecular complexity index is 514. The smallest absolute Gasteiger partial charge is 0.416 e. The maximum Gasteiger partial charge on any atom is 0.416 e. The van der Waals surface area contributed by atoms with Crippen molar-refractivity contribution in [3.8, 4) is 0 Å². The van der Waals surface area contributed by atoms with Crippen molar-refractivity contribution in [2.45, 2.75) is 13.1 Å². The fourth-order valence-corrected chi connectivity index (χ4v) is 1.39. The first-order valence-electron chi connectivity index (χ1n) is 5.57. The third-order valence-corrected chi connectivity index (χ3v) is 2.29. The summed E-state index contributed by atoms with van der Waals surface area (Å²) in [4.78, 5) is 22.3. The van der Waals surface area contributed by atoms with E-state index < -0.39 is 34.9 Å². The van der Waals surface area contributed by atoms with Crippen molar-refractivity contribution in [1.29, 1.82) is 0 Å². The van der Waals surface area contributed by atoms with E-state index in [-0.39, 0.29) is 13.2 Å². The molecule has 0 fully saturated rings. The zero-order valence-corrected chi connectivity index (χ0v) is 10.5. The largest absolute Gasteiger partial charge is 0.478 e. The number of carboxylic acid groups (broad SMARTS) is 1. The summed E-state index contributed by atoms with van der Waals surface area (Å²) in [5.74, 6) is -2.17. The Morgan fingerprint density at radius 2 is 2.00 bits per heavy atom. The van der Waals surface area contributed by atoms with E-state index >= 15 is 0 Å². The molecule has 0 atom stereocenters. The van der Waals surface area contributed by atoms with Crippen LogP contribution in [0.25, 0.3) is 0 Å². The highest BCUT2D eigenvalue weighted by Gasteiger charge is 2.31. The van der Waals surface area contributed by atoms with Gasteiger partial charge in [0.05, 0.1) is 16.8 Å². The van der Waals surface area contributed by atoms with Crippen LogP contribution in [-0.2, 0) is 15.7 Å². The second kappa shape index (κ2) is 6.38. The van der Waals surface area contributed by atoms with Crippen LogP contribution >= 0.6 is 0 Å². The maximum atomic E-state index is 12.6. The van der Waals surface area contributed by atoms with E-state index in [2.05, 4.69) is 5.32 Å². The lowest BCUT2D eigenvalue weighted by molar-refractivity contribution is -0.137. The number of anilines is 1. The number of halogens is 3. The monoisotopic (exact) mass is 291 g/mol. The van der Waals surface area contributed by atoms with Gasteiger partial charge < -0.3 is 15.2 Å². The number of amides is 1. The highest BCUT2D eigenvalue weighted by atomic mass is 19.4. The van der Waals surface area contributed by atoms with Gasteiger partial charge in [0, 0.05) is 6.61 Å². The number of rotatable bonds is 5. The number of aromatic carboxylic acids is 1. The first kappa shape index (κ1) is 16.0. The maximum absolute atomic E-state index is 12.6. The van der Waals surface area contributed by atoms with Crippen LogP contribution in [0.3, 0.4) is 0 Å². The number of ether oxygens (including phenoxy) is 1. The second-order valence-corrected chi connectivity index (χ2v) is 3.75. The molecular weight excluding hydrogens is 279 g/mol. The normalized spacial score (nSPS) is 11.2. The molecule has 0 radical (unpaired) electrons. The minimum atomic E-state index is -4.63. The van der Waals surface area contributed by atoms with Crippen LogP contribution in [0.4, 0.5) is 18.9 Å². The van der Waals surface area contributed by atoms with Gasteiger partial charge in [0.1, 0.15) is 6.61 Å². The Balaban J connectivity index is 3.06.